The second-order valence-corrected chi connectivity index (χ2v) is 9.22. The summed E-state index contributed by atoms with van der Waals surface area (Å²) in [7, 11) is -4.11. The van der Waals surface area contributed by atoms with E-state index >= 15 is 0 Å². The molecule has 0 aliphatic carbocycles. The molecule has 0 spiro atoms. The predicted molar refractivity (Wildman–Crippen MR) is 116 cm³/mol. The number of carbonyl (C=O) groups excluding carboxylic acids is 1. The maximum atomic E-state index is 12.9. The molecule has 0 radical (unpaired) electrons. The number of carbonyl (C=O) groups is 1. The van der Waals surface area contributed by atoms with E-state index in [-0.39, 0.29) is 18.0 Å². The zero-order valence-corrected chi connectivity index (χ0v) is 17.4. The van der Waals surface area contributed by atoms with Crippen LogP contribution in [0.1, 0.15) is 0 Å². The van der Waals surface area contributed by atoms with E-state index in [1.165, 1.54) is 12.1 Å². The molecule has 1 atom stereocenters. The highest BCUT2D eigenvalue weighted by atomic mass is 32.2. The molecular weight excluding hydrogens is 416 g/mol. The highest BCUT2D eigenvalue weighted by Gasteiger charge is 2.27. The molecule has 1 aromatic heterocycles. The third-order valence-electron chi connectivity index (χ3n) is 5.17. The van der Waals surface area contributed by atoms with Crippen molar-refractivity contribution < 1.29 is 23.4 Å². The van der Waals surface area contributed by atoms with Crippen molar-refractivity contribution in [2.24, 2.45) is 0 Å². The predicted octanol–water partition coefficient (Wildman–Crippen LogP) is 1.60. The van der Waals surface area contributed by atoms with Gasteiger partial charge in [0.25, 0.3) is 0 Å². The van der Waals surface area contributed by atoms with Crippen LogP contribution in [0, 0.1) is 0 Å². The number of hydrogen-bond acceptors (Lipinski definition) is 5. The number of carboxylic acids is 1. The highest BCUT2D eigenvalue weighted by molar-refractivity contribution is 7.89. The van der Waals surface area contributed by atoms with Crippen LogP contribution in [0.2, 0.25) is 0 Å². The molecule has 1 unspecified atom stereocenters. The van der Waals surface area contributed by atoms with E-state index in [1.807, 2.05) is 53.1 Å². The molecule has 0 fully saturated rings. The van der Waals surface area contributed by atoms with Gasteiger partial charge in [-0.15, -0.1) is 0 Å². The number of rotatable bonds is 8. The lowest BCUT2D eigenvalue weighted by atomic mass is 10.2. The Balaban J connectivity index is 1.66. The van der Waals surface area contributed by atoms with E-state index < -0.39 is 28.6 Å². The van der Waals surface area contributed by atoms with Gasteiger partial charge in [-0.1, -0.05) is 54.6 Å². The number of carboxylic acid groups (broad SMARTS) is 1. The molecule has 0 bridgehead atoms. The smallest absolute Gasteiger partial charge is 0.243 e. The van der Waals surface area contributed by atoms with Crippen LogP contribution >= 0.6 is 0 Å². The van der Waals surface area contributed by atoms with Gasteiger partial charge in [0, 0.05) is 28.4 Å². The Morgan fingerprint density at radius 2 is 1.42 bits per heavy atom. The summed E-state index contributed by atoms with van der Waals surface area (Å²) in [4.78, 5) is 11.2. The van der Waals surface area contributed by atoms with E-state index in [9.17, 15) is 23.4 Å². The standard InChI is InChI=1S/C23H22N2O5S/c26-17(14-24(16-23(27)28)31(29,30)18-8-2-1-3-9-18)15-25-21-12-6-4-10-19(21)20-11-5-7-13-22(20)25/h1-13,17,26H,14-16H2,(H,27,28)/p-1. The summed E-state index contributed by atoms with van der Waals surface area (Å²) in [5.41, 5.74) is 1.81. The molecule has 8 heteroatoms. The number of aliphatic hydroxyl groups excluding tert-OH is 1. The summed E-state index contributed by atoms with van der Waals surface area (Å²) >= 11 is 0. The first kappa shape index (κ1) is 21.0. The van der Waals surface area contributed by atoms with Crippen molar-refractivity contribution in [1.82, 2.24) is 8.87 Å². The second-order valence-electron chi connectivity index (χ2n) is 7.28. The number of para-hydroxylation sites is 2. The van der Waals surface area contributed by atoms with Crippen LogP contribution in [0.3, 0.4) is 0 Å². The van der Waals surface area contributed by atoms with E-state index in [0.717, 1.165) is 26.1 Å². The monoisotopic (exact) mass is 437 g/mol. The average molecular weight is 437 g/mol. The second kappa shape index (κ2) is 8.50. The number of benzene rings is 3. The Bertz CT molecular complexity index is 1280. The minimum Gasteiger partial charge on any atom is -0.549 e. The fourth-order valence-electron chi connectivity index (χ4n) is 3.84. The normalized spacial score (nSPS) is 13.1. The van der Waals surface area contributed by atoms with Crippen molar-refractivity contribution in [3.8, 4) is 0 Å². The Labute approximate surface area is 179 Å². The minimum absolute atomic E-state index is 0.0414. The van der Waals surface area contributed by atoms with Gasteiger partial charge in [-0.2, -0.15) is 4.31 Å². The molecule has 7 nitrogen and oxygen atoms in total. The number of nitrogens with zero attached hydrogens (tertiary/aromatic N) is 2. The molecule has 31 heavy (non-hydrogen) atoms. The fraction of sp³-hybridized carbons (Fsp3) is 0.174. The molecule has 1 heterocycles. The van der Waals surface area contributed by atoms with E-state index in [4.69, 9.17) is 0 Å². The van der Waals surface area contributed by atoms with Crippen LogP contribution in [-0.2, 0) is 21.4 Å². The van der Waals surface area contributed by atoms with Crippen molar-refractivity contribution in [1.29, 1.82) is 0 Å². The van der Waals surface area contributed by atoms with Crippen LogP contribution in [0.25, 0.3) is 21.8 Å². The van der Waals surface area contributed by atoms with Gasteiger partial charge in [0.05, 0.1) is 30.1 Å². The molecule has 4 aromatic rings. The number of fused-ring (bicyclic) bond motifs is 3. The molecule has 0 aliphatic heterocycles. The Kier molecular flexibility index (Phi) is 5.77. The molecule has 0 amide bonds. The zero-order valence-electron chi connectivity index (χ0n) is 16.6. The molecule has 0 aliphatic rings. The molecule has 160 valence electrons. The minimum atomic E-state index is -4.11. The lowest BCUT2D eigenvalue weighted by Gasteiger charge is -2.25. The molecule has 3 aromatic carbocycles. The quantitative estimate of drug-likeness (QED) is 0.451. The Morgan fingerprint density at radius 3 is 1.97 bits per heavy atom. The SMILES string of the molecule is O=C([O-])CN(CC(O)Cn1c2ccccc2c2ccccc21)S(=O)(=O)c1ccccc1. The lowest BCUT2D eigenvalue weighted by molar-refractivity contribution is -0.305. The first-order valence-corrected chi connectivity index (χ1v) is 11.2. The number of aliphatic carboxylic acids is 1. The van der Waals surface area contributed by atoms with Gasteiger partial charge in [-0.25, -0.2) is 8.42 Å². The Hall–Kier alpha value is -3.20. The van der Waals surface area contributed by atoms with Gasteiger partial charge in [0.2, 0.25) is 10.0 Å². The first-order valence-electron chi connectivity index (χ1n) is 9.77. The van der Waals surface area contributed by atoms with Gasteiger partial charge in [0.1, 0.15) is 0 Å². The van der Waals surface area contributed by atoms with Gasteiger partial charge < -0.3 is 19.6 Å². The average Bonchev–Trinajstić information content (AvgIpc) is 3.07. The third kappa shape index (κ3) is 4.18. The fourth-order valence-corrected chi connectivity index (χ4v) is 5.28. The molecule has 0 saturated carbocycles. The summed E-state index contributed by atoms with van der Waals surface area (Å²) < 4.78 is 28.6. The van der Waals surface area contributed by atoms with Crippen LogP contribution in [0.4, 0.5) is 0 Å². The van der Waals surface area contributed by atoms with Gasteiger partial charge in [0.15, 0.2) is 0 Å². The number of sulfonamides is 1. The molecule has 0 saturated heterocycles. The Morgan fingerprint density at radius 1 is 0.903 bits per heavy atom. The number of aliphatic hydroxyl groups is 1. The first-order chi connectivity index (χ1) is 14.9. The van der Waals surface area contributed by atoms with Crippen molar-refractivity contribution >= 4 is 37.8 Å². The van der Waals surface area contributed by atoms with Crippen molar-refractivity contribution in [2.45, 2.75) is 17.5 Å². The van der Waals surface area contributed by atoms with Gasteiger partial charge >= 0.3 is 0 Å². The van der Waals surface area contributed by atoms with Crippen LogP contribution in [0.15, 0.2) is 83.8 Å². The van der Waals surface area contributed by atoms with E-state index in [1.54, 1.807) is 18.2 Å². The van der Waals surface area contributed by atoms with E-state index in [2.05, 4.69) is 0 Å². The maximum Gasteiger partial charge on any atom is 0.243 e. The highest BCUT2D eigenvalue weighted by Crippen LogP contribution is 2.29. The summed E-state index contributed by atoms with van der Waals surface area (Å²) in [6, 6.07) is 23.0. The van der Waals surface area contributed by atoms with Crippen molar-refractivity contribution in [2.75, 3.05) is 13.1 Å². The van der Waals surface area contributed by atoms with Crippen LogP contribution in [-0.4, -0.2) is 47.6 Å². The van der Waals surface area contributed by atoms with Crippen molar-refractivity contribution in [3.05, 3.63) is 78.9 Å². The maximum absolute atomic E-state index is 12.9. The lowest BCUT2D eigenvalue weighted by Crippen LogP contribution is -2.45. The van der Waals surface area contributed by atoms with E-state index in [0.29, 0.717) is 0 Å². The summed E-state index contributed by atoms with van der Waals surface area (Å²) in [5.74, 6) is -1.54. The van der Waals surface area contributed by atoms with Gasteiger partial charge in [-0.05, 0) is 24.3 Å². The number of aromatic nitrogens is 1. The molecule has 4 rings (SSSR count). The van der Waals surface area contributed by atoms with Crippen LogP contribution < -0.4 is 5.11 Å². The summed E-state index contributed by atoms with van der Waals surface area (Å²) in [6.07, 6.45) is -1.14. The zero-order chi connectivity index (χ0) is 22.0. The topological polar surface area (TPSA) is 103 Å². The van der Waals surface area contributed by atoms with Crippen molar-refractivity contribution in [3.63, 3.8) is 0 Å². The van der Waals surface area contributed by atoms with Gasteiger partial charge in [-0.3, -0.25) is 0 Å². The van der Waals surface area contributed by atoms with Crippen LogP contribution in [0.5, 0.6) is 0 Å². The summed E-state index contributed by atoms with van der Waals surface area (Å²) in [5, 5.41) is 24.1. The molecular formula is C23H21N2O5S-. The molecule has 1 N–H and O–H groups in total. The summed E-state index contributed by atoms with van der Waals surface area (Å²) in [6.45, 7) is -1.13. The third-order valence-corrected chi connectivity index (χ3v) is 7.00. The number of hydrogen-bond donors (Lipinski definition) is 1. The largest absolute Gasteiger partial charge is 0.549 e.